The molecule has 0 fully saturated rings. The standard InChI is InChI=1S/C18H20BrN3O5/c1-10-13(17(25)22-18(26)20-10)7-8-15(23)21-14(9-16(24)27-2)11-3-5-12(19)6-4-11/h3-6,14H,7-9H2,1-2H3,(H,21,23)(H2,20,22,25,26). The molecule has 0 aliphatic carbocycles. The van der Waals surface area contributed by atoms with Gasteiger partial charge in [0.15, 0.2) is 0 Å². The molecule has 1 unspecified atom stereocenters. The summed E-state index contributed by atoms with van der Waals surface area (Å²) in [7, 11) is 1.29. The highest BCUT2D eigenvalue weighted by Gasteiger charge is 2.19. The number of esters is 1. The predicted molar refractivity (Wildman–Crippen MR) is 102 cm³/mol. The molecule has 0 aliphatic rings. The number of halogens is 1. The van der Waals surface area contributed by atoms with Gasteiger partial charge in [0.25, 0.3) is 5.56 Å². The quantitative estimate of drug-likeness (QED) is 0.566. The molecule has 0 spiro atoms. The summed E-state index contributed by atoms with van der Waals surface area (Å²) in [5.41, 5.74) is 0.436. The van der Waals surface area contributed by atoms with Gasteiger partial charge in [-0.2, -0.15) is 0 Å². The number of aryl methyl sites for hydroxylation is 1. The van der Waals surface area contributed by atoms with Crippen LogP contribution in [0.1, 0.15) is 35.7 Å². The fourth-order valence-corrected chi connectivity index (χ4v) is 2.89. The molecule has 1 amide bonds. The zero-order chi connectivity index (χ0) is 20.0. The number of aromatic nitrogens is 2. The Labute approximate surface area is 163 Å². The van der Waals surface area contributed by atoms with Crippen molar-refractivity contribution in [3.05, 3.63) is 66.4 Å². The molecular formula is C18H20BrN3O5. The molecule has 1 atom stereocenters. The zero-order valence-electron chi connectivity index (χ0n) is 14.9. The molecule has 2 rings (SSSR count). The highest BCUT2D eigenvalue weighted by molar-refractivity contribution is 9.10. The lowest BCUT2D eigenvalue weighted by Crippen LogP contribution is -2.32. The number of hydrogen-bond acceptors (Lipinski definition) is 5. The molecule has 0 bridgehead atoms. The van der Waals surface area contributed by atoms with Crippen molar-refractivity contribution in [1.82, 2.24) is 15.3 Å². The highest BCUT2D eigenvalue weighted by atomic mass is 79.9. The smallest absolute Gasteiger partial charge is 0.325 e. The maximum Gasteiger partial charge on any atom is 0.325 e. The number of carbonyl (C=O) groups is 2. The average molecular weight is 438 g/mol. The second-order valence-corrected chi connectivity index (χ2v) is 6.88. The summed E-state index contributed by atoms with van der Waals surface area (Å²) in [6.07, 6.45) is 0.182. The van der Waals surface area contributed by atoms with Crippen LogP contribution in [0.15, 0.2) is 38.3 Å². The van der Waals surface area contributed by atoms with Gasteiger partial charge in [0.1, 0.15) is 0 Å². The Morgan fingerprint density at radius 2 is 1.85 bits per heavy atom. The van der Waals surface area contributed by atoms with Gasteiger partial charge in [0.05, 0.1) is 19.6 Å². The Morgan fingerprint density at radius 3 is 2.44 bits per heavy atom. The van der Waals surface area contributed by atoms with Crippen molar-refractivity contribution >= 4 is 27.8 Å². The van der Waals surface area contributed by atoms with Crippen LogP contribution in [0.4, 0.5) is 0 Å². The van der Waals surface area contributed by atoms with Gasteiger partial charge in [0.2, 0.25) is 5.91 Å². The second-order valence-electron chi connectivity index (χ2n) is 5.96. The van der Waals surface area contributed by atoms with Gasteiger partial charge >= 0.3 is 11.7 Å². The SMILES string of the molecule is COC(=O)CC(NC(=O)CCc1c(C)[nH]c(=O)[nH]c1=O)c1ccc(Br)cc1. The van der Waals surface area contributed by atoms with E-state index in [0.717, 1.165) is 10.0 Å². The number of aromatic amines is 2. The van der Waals surface area contributed by atoms with E-state index in [1.165, 1.54) is 7.11 Å². The predicted octanol–water partition coefficient (Wildman–Crippen LogP) is 1.49. The molecule has 144 valence electrons. The number of methoxy groups -OCH3 is 1. The number of carbonyl (C=O) groups excluding carboxylic acids is 2. The third-order valence-electron chi connectivity index (χ3n) is 4.06. The third kappa shape index (κ3) is 5.92. The molecule has 1 heterocycles. The average Bonchev–Trinajstić information content (AvgIpc) is 2.60. The van der Waals surface area contributed by atoms with E-state index >= 15 is 0 Å². The number of ether oxygens (including phenoxy) is 1. The minimum Gasteiger partial charge on any atom is -0.469 e. The van der Waals surface area contributed by atoms with Crippen molar-refractivity contribution in [2.75, 3.05) is 7.11 Å². The van der Waals surface area contributed by atoms with E-state index in [1.807, 2.05) is 12.1 Å². The van der Waals surface area contributed by atoms with Crippen LogP contribution < -0.4 is 16.6 Å². The second kappa shape index (κ2) is 9.31. The number of benzene rings is 1. The fourth-order valence-electron chi connectivity index (χ4n) is 2.63. The van der Waals surface area contributed by atoms with E-state index in [9.17, 15) is 19.2 Å². The largest absolute Gasteiger partial charge is 0.469 e. The van der Waals surface area contributed by atoms with Gasteiger partial charge in [-0.3, -0.25) is 19.4 Å². The fraction of sp³-hybridized carbons (Fsp3) is 0.333. The number of rotatable bonds is 7. The number of hydrogen-bond donors (Lipinski definition) is 3. The molecule has 0 saturated heterocycles. The van der Waals surface area contributed by atoms with E-state index in [0.29, 0.717) is 11.3 Å². The first kappa shape index (κ1) is 20.6. The monoisotopic (exact) mass is 437 g/mol. The maximum absolute atomic E-state index is 12.4. The lowest BCUT2D eigenvalue weighted by Gasteiger charge is -2.18. The van der Waals surface area contributed by atoms with Crippen molar-refractivity contribution in [3.8, 4) is 0 Å². The zero-order valence-corrected chi connectivity index (χ0v) is 16.5. The van der Waals surface area contributed by atoms with Crippen LogP contribution in [0.25, 0.3) is 0 Å². The number of amides is 1. The van der Waals surface area contributed by atoms with Gasteiger partial charge in [-0.05, 0) is 31.0 Å². The highest BCUT2D eigenvalue weighted by Crippen LogP contribution is 2.20. The normalized spacial score (nSPS) is 11.7. The van der Waals surface area contributed by atoms with E-state index in [1.54, 1.807) is 19.1 Å². The molecule has 27 heavy (non-hydrogen) atoms. The van der Waals surface area contributed by atoms with Crippen LogP contribution in [0.2, 0.25) is 0 Å². The van der Waals surface area contributed by atoms with E-state index in [2.05, 4.69) is 31.2 Å². The van der Waals surface area contributed by atoms with Crippen molar-refractivity contribution in [3.63, 3.8) is 0 Å². The van der Waals surface area contributed by atoms with Crippen LogP contribution in [-0.4, -0.2) is 29.0 Å². The van der Waals surface area contributed by atoms with E-state index in [4.69, 9.17) is 4.74 Å². The Morgan fingerprint density at radius 1 is 1.19 bits per heavy atom. The maximum atomic E-state index is 12.4. The molecule has 3 N–H and O–H groups in total. The van der Waals surface area contributed by atoms with Gasteiger partial charge in [0, 0.05) is 22.2 Å². The lowest BCUT2D eigenvalue weighted by atomic mass is 10.0. The number of nitrogens with one attached hydrogen (secondary N) is 3. The molecular weight excluding hydrogens is 418 g/mol. The first-order valence-corrected chi connectivity index (χ1v) is 9.03. The Balaban J connectivity index is 2.09. The Kier molecular flexibility index (Phi) is 7.12. The van der Waals surface area contributed by atoms with E-state index in [-0.39, 0.29) is 25.2 Å². The molecule has 0 aliphatic heterocycles. The Bertz CT molecular complexity index is 933. The van der Waals surface area contributed by atoms with Crippen molar-refractivity contribution in [2.45, 2.75) is 32.2 Å². The van der Waals surface area contributed by atoms with Crippen LogP contribution >= 0.6 is 15.9 Å². The van der Waals surface area contributed by atoms with Crippen molar-refractivity contribution in [1.29, 1.82) is 0 Å². The summed E-state index contributed by atoms with van der Waals surface area (Å²) in [6, 6.07) is 6.68. The first-order chi connectivity index (χ1) is 12.8. The minimum absolute atomic E-state index is 0.0118. The van der Waals surface area contributed by atoms with Crippen LogP contribution in [-0.2, 0) is 20.7 Å². The molecule has 0 radical (unpaired) electrons. The topological polar surface area (TPSA) is 121 Å². The summed E-state index contributed by atoms with van der Waals surface area (Å²) < 4.78 is 5.58. The summed E-state index contributed by atoms with van der Waals surface area (Å²) >= 11 is 3.34. The summed E-state index contributed by atoms with van der Waals surface area (Å²) in [4.78, 5) is 51.8. The summed E-state index contributed by atoms with van der Waals surface area (Å²) in [6.45, 7) is 1.60. The van der Waals surface area contributed by atoms with E-state index < -0.39 is 23.3 Å². The van der Waals surface area contributed by atoms with Gasteiger partial charge in [-0.15, -0.1) is 0 Å². The lowest BCUT2D eigenvalue weighted by molar-refractivity contribution is -0.141. The number of H-pyrrole nitrogens is 2. The van der Waals surface area contributed by atoms with Crippen LogP contribution in [0, 0.1) is 6.92 Å². The van der Waals surface area contributed by atoms with Crippen molar-refractivity contribution in [2.24, 2.45) is 0 Å². The first-order valence-electron chi connectivity index (χ1n) is 8.24. The van der Waals surface area contributed by atoms with Crippen LogP contribution in [0.3, 0.4) is 0 Å². The molecule has 1 aromatic carbocycles. The molecule has 0 saturated carbocycles. The molecule has 8 nitrogen and oxygen atoms in total. The molecule has 9 heteroatoms. The molecule has 1 aromatic heterocycles. The minimum atomic E-state index is -0.584. The van der Waals surface area contributed by atoms with Crippen molar-refractivity contribution < 1.29 is 14.3 Å². The van der Waals surface area contributed by atoms with Crippen LogP contribution in [0.5, 0.6) is 0 Å². The van der Waals surface area contributed by atoms with Gasteiger partial charge in [-0.25, -0.2) is 4.79 Å². The Hall–Kier alpha value is -2.68. The summed E-state index contributed by atoms with van der Waals surface area (Å²) in [5, 5.41) is 2.80. The van der Waals surface area contributed by atoms with Gasteiger partial charge in [-0.1, -0.05) is 28.1 Å². The van der Waals surface area contributed by atoms with Gasteiger partial charge < -0.3 is 15.0 Å². The molecule has 2 aromatic rings. The summed E-state index contributed by atoms with van der Waals surface area (Å²) in [5.74, 6) is -0.770. The third-order valence-corrected chi connectivity index (χ3v) is 4.59.